The molecule has 1 aliphatic rings. The van der Waals surface area contributed by atoms with Gasteiger partial charge in [0.15, 0.2) is 0 Å². The van der Waals surface area contributed by atoms with Crippen molar-refractivity contribution in [2.45, 2.75) is 19.3 Å². The van der Waals surface area contributed by atoms with Crippen molar-refractivity contribution in [3.05, 3.63) is 65.7 Å². The molecule has 23 heavy (non-hydrogen) atoms. The molecule has 1 amide bonds. The summed E-state index contributed by atoms with van der Waals surface area (Å²) >= 11 is 0. The van der Waals surface area contributed by atoms with E-state index in [1.165, 1.54) is 5.56 Å². The molecule has 1 aliphatic heterocycles. The van der Waals surface area contributed by atoms with Gasteiger partial charge in [-0.1, -0.05) is 42.5 Å². The molecule has 120 valence electrons. The molecule has 2 aromatic rings. The molecule has 0 spiro atoms. The van der Waals surface area contributed by atoms with Gasteiger partial charge in [0.25, 0.3) is 5.91 Å². The van der Waals surface area contributed by atoms with Gasteiger partial charge >= 0.3 is 0 Å². The summed E-state index contributed by atoms with van der Waals surface area (Å²) in [5, 5.41) is 3.11. The molecule has 3 rings (SSSR count). The highest BCUT2D eigenvalue weighted by Crippen LogP contribution is 2.24. The van der Waals surface area contributed by atoms with Crippen molar-refractivity contribution in [3.63, 3.8) is 0 Å². The summed E-state index contributed by atoms with van der Waals surface area (Å²) in [6, 6.07) is 18.4. The largest absolute Gasteiger partial charge is 0.387 e. The second kappa shape index (κ2) is 7.32. The maximum atomic E-state index is 12.7. The van der Waals surface area contributed by atoms with Crippen LogP contribution in [0.1, 0.15) is 28.8 Å². The molecule has 2 aromatic carbocycles. The first kappa shape index (κ1) is 15.6. The van der Waals surface area contributed by atoms with Crippen molar-refractivity contribution in [2.24, 2.45) is 5.92 Å². The van der Waals surface area contributed by atoms with Gasteiger partial charge in [-0.15, -0.1) is 0 Å². The van der Waals surface area contributed by atoms with E-state index in [1.807, 2.05) is 36.2 Å². The number of carbonyl (C=O) groups excluding carboxylic acids is 1. The minimum atomic E-state index is 0.146. The molecule has 0 saturated carbocycles. The van der Waals surface area contributed by atoms with Crippen LogP contribution in [-0.4, -0.2) is 30.9 Å². The van der Waals surface area contributed by atoms with E-state index < -0.39 is 0 Å². The highest BCUT2D eigenvalue weighted by Gasteiger charge is 2.24. The van der Waals surface area contributed by atoms with E-state index in [2.05, 4.69) is 35.6 Å². The van der Waals surface area contributed by atoms with E-state index in [-0.39, 0.29) is 5.91 Å². The van der Waals surface area contributed by atoms with Crippen LogP contribution < -0.4 is 5.32 Å². The molecule has 0 aliphatic carbocycles. The SMILES string of the molecule is CNc1ccccc1C(=O)N1CCC(Cc2ccccc2)CC1. The highest BCUT2D eigenvalue weighted by molar-refractivity contribution is 5.99. The van der Waals surface area contributed by atoms with Crippen molar-refractivity contribution in [1.29, 1.82) is 0 Å². The molecule has 1 heterocycles. The summed E-state index contributed by atoms with van der Waals surface area (Å²) in [4.78, 5) is 14.7. The fraction of sp³-hybridized carbons (Fsp3) is 0.350. The van der Waals surface area contributed by atoms with Gasteiger partial charge in [-0.25, -0.2) is 0 Å². The average molecular weight is 308 g/mol. The lowest BCUT2D eigenvalue weighted by Gasteiger charge is -2.32. The number of benzene rings is 2. The zero-order valence-electron chi connectivity index (χ0n) is 13.7. The van der Waals surface area contributed by atoms with E-state index in [1.54, 1.807) is 0 Å². The first-order valence-electron chi connectivity index (χ1n) is 8.38. The third kappa shape index (κ3) is 3.73. The Kier molecular flexibility index (Phi) is 4.96. The van der Waals surface area contributed by atoms with Crippen molar-refractivity contribution < 1.29 is 4.79 Å². The average Bonchev–Trinajstić information content (AvgIpc) is 2.62. The van der Waals surface area contributed by atoms with Gasteiger partial charge in [0, 0.05) is 25.8 Å². The molecule has 0 unspecified atom stereocenters. The van der Waals surface area contributed by atoms with Crippen molar-refractivity contribution in [2.75, 3.05) is 25.5 Å². The second-order valence-corrected chi connectivity index (χ2v) is 6.22. The predicted molar refractivity (Wildman–Crippen MR) is 94.8 cm³/mol. The zero-order valence-corrected chi connectivity index (χ0v) is 13.7. The number of nitrogens with one attached hydrogen (secondary N) is 1. The van der Waals surface area contributed by atoms with Crippen LogP contribution in [0.4, 0.5) is 5.69 Å². The summed E-state index contributed by atoms with van der Waals surface area (Å²) in [6.07, 6.45) is 3.29. The number of hydrogen-bond acceptors (Lipinski definition) is 2. The Morgan fingerprint density at radius 2 is 1.70 bits per heavy atom. The number of hydrogen-bond donors (Lipinski definition) is 1. The summed E-state index contributed by atoms with van der Waals surface area (Å²) in [5.74, 6) is 0.828. The summed E-state index contributed by atoms with van der Waals surface area (Å²) < 4.78 is 0. The van der Waals surface area contributed by atoms with Gasteiger partial charge < -0.3 is 10.2 Å². The number of nitrogens with zero attached hydrogens (tertiary/aromatic N) is 1. The number of amides is 1. The molecule has 0 radical (unpaired) electrons. The molecule has 0 bridgehead atoms. The van der Waals surface area contributed by atoms with Gasteiger partial charge in [-0.2, -0.15) is 0 Å². The Balaban J connectivity index is 1.59. The van der Waals surface area contributed by atoms with E-state index in [9.17, 15) is 4.79 Å². The molecule has 0 atom stereocenters. The predicted octanol–water partition coefficient (Wildman–Crippen LogP) is 3.82. The van der Waals surface area contributed by atoms with E-state index in [0.29, 0.717) is 5.92 Å². The van der Waals surface area contributed by atoms with Crippen LogP contribution in [0.5, 0.6) is 0 Å². The quantitative estimate of drug-likeness (QED) is 0.931. The minimum Gasteiger partial charge on any atom is -0.387 e. The van der Waals surface area contributed by atoms with Gasteiger partial charge in [0.2, 0.25) is 0 Å². The lowest BCUT2D eigenvalue weighted by Crippen LogP contribution is -2.39. The molecule has 1 N–H and O–H groups in total. The number of anilines is 1. The molecule has 3 heteroatoms. The van der Waals surface area contributed by atoms with Gasteiger partial charge in [-0.3, -0.25) is 4.79 Å². The number of carbonyl (C=O) groups is 1. The van der Waals surface area contributed by atoms with Crippen LogP contribution in [0.3, 0.4) is 0 Å². The zero-order chi connectivity index (χ0) is 16.1. The Hall–Kier alpha value is -2.29. The Morgan fingerprint density at radius 3 is 2.39 bits per heavy atom. The highest BCUT2D eigenvalue weighted by atomic mass is 16.2. The standard InChI is InChI=1S/C20H24N2O/c1-21-19-10-6-5-9-18(19)20(23)22-13-11-17(12-14-22)15-16-7-3-2-4-8-16/h2-10,17,21H,11-15H2,1H3. The van der Waals surface area contributed by atoms with Crippen LogP contribution >= 0.6 is 0 Å². The van der Waals surface area contributed by atoms with Crippen LogP contribution in [0, 0.1) is 5.92 Å². The molecular formula is C20H24N2O. The van der Waals surface area contributed by atoms with E-state index >= 15 is 0 Å². The van der Waals surface area contributed by atoms with Gasteiger partial charge in [-0.05, 0) is 42.9 Å². The first-order chi connectivity index (χ1) is 11.3. The summed E-state index contributed by atoms with van der Waals surface area (Å²) in [7, 11) is 1.86. The summed E-state index contributed by atoms with van der Waals surface area (Å²) in [6.45, 7) is 1.71. The topological polar surface area (TPSA) is 32.3 Å². The lowest BCUT2D eigenvalue weighted by atomic mass is 9.90. The van der Waals surface area contributed by atoms with Crippen LogP contribution in [-0.2, 0) is 6.42 Å². The van der Waals surface area contributed by atoms with Gasteiger partial charge in [0.1, 0.15) is 0 Å². The van der Waals surface area contributed by atoms with Crippen molar-refractivity contribution >= 4 is 11.6 Å². The van der Waals surface area contributed by atoms with E-state index in [4.69, 9.17) is 0 Å². The fourth-order valence-electron chi connectivity index (χ4n) is 3.35. The smallest absolute Gasteiger partial charge is 0.255 e. The summed E-state index contributed by atoms with van der Waals surface area (Å²) in [5.41, 5.74) is 3.08. The molecular weight excluding hydrogens is 284 g/mol. The van der Waals surface area contributed by atoms with Crippen LogP contribution in [0.2, 0.25) is 0 Å². The number of likely N-dealkylation sites (tertiary alicyclic amines) is 1. The Bertz CT molecular complexity index is 646. The maximum Gasteiger partial charge on any atom is 0.255 e. The normalized spacial score (nSPS) is 15.4. The lowest BCUT2D eigenvalue weighted by molar-refractivity contribution is 0.0691. The third-order valence-corrected chi connectivity index (χ3v) is 4.70. The number of para-hydroxylation sites is 1. The van der Waals surface area contributed by atoms with Gasteiger partial charge in [0.05, 0.1) is 5.56 Å². The Labute approximate surface area is 138 Å². The second-order valence-electron chi connectivity index (χ2n) is 6.22. The van der Waals surface area contributed by atoms with E-state index in [0.717, 1.165) is 43.6 Å². The monoisotopic (exact) mass is 308 g/mol. The van der Waals surface area contributed by atoms with Crippen LogP contribution in [0.15, 0.2) is 54.6 Å². The number of rotatable bonds is 4. The number of piperidine rings is 1. The van der Waals surface area contributed by atoms with Crippen molar-refractivity contribution in [3.8, 4) is 0 Å². The minimum absolute atomic E-state index is 0.146. The Morgan fingerprint density at radius 1 is 1.04 bits per heavy atom. The van der Waals surface area contributed by atoms with Crippen LogP contribution in [0.25, 0.3) is 0 Å². The molecule has 1 fully saturated rings. The fourth-order valence-corrected chi connectivity index (χ4v) is 3.35. The molecule has 1 saturated heterocycles. The molecule has 3 nitrogen and oxygen atoms in total. The molecule has 0 aromatic heterocycles. The van der Waals surface area contributed by atoms with Crippen molar-refractivity contribution in [1.82, 2.24) is 4.90 Å². The first-order valence-corrected chi connectivity index (χ1v) is 8.38. The maximum absolute atomic E-state index is 12.7. The third-order valence-electron chi connectivity index (χ3n) is 4.70.